The van der Waals surface area contributed by atoms with Gasteiger partial charge in [0.05, 0.1) is 18.4 Å². The van der Waals surface area contributed by atoms with Crippen molar-refractivity contribution in [3.63, 3.8) is 0 Å². The van der Waals surface area contributed by atoms with Gasteiger partial charge in [-0.05, 0) is 49.0 Å². The van der Waals surface area contributed by atoms with Gasteiger partial charge in [-0.15, -0.1) is 0 Å². The van der Waals surface area contributed by atoms with Gasteiger partial charge in [-0.25, -0.2) is 0 Å². The Hall–Kier alpha value is -1.62. The lowest BCUT2D eigenvalue weighted by Gasteiger charge is -2.43. The molecule has 2 aliphatic carbocycles. The lowest BCUT2D eigenvalue weighted by Crippen LogP contribution is -2.42. The Morgan fingerprint density at radius 3 is 2.76 bits per heavy atom. The van der Waals surface area contributed by atoms with E-state index >= 15 is 0 Å². The van der Waals surface area contributed by atoms with E-state index < -0.39 is 6.10 Å². The number of carbonyl (C=O) groups is 2. The van der Waals surface area contributed by atoms with Crippen LogP contribution >= 0.6 is 0 Å². The van der Waals surface area contributed by atoms with Gasteiger partial charge in [0.25, 0.3) is 0 Å². The molecule has 1 N–H and O–H groups in total. The van der Waals surface area contributed by atoms with Gasteiger partial charge in [0.15, 0.2) is 0 Å². The van der Waals surface area contributed by atoms with E-state index in [4.69, 9.17) is 9.47 Å². The number of rotatable bonds is 6. The van der Waals surface area contributed by atoms with E-state index in [-0.39, 0.29) is 42.4 Å². The van der Waals surface area contributed by atoms with Crippen molar-refractivity contribution in [1.29, 1.82) is 0 Å². The quantitative estimate of drug-likeness (QED) is 0.529. The molecule has 3 aliphatic rings. The van der Waals surface area contributed by atoms with Crippen LogP contribution < -0.4 is 0 Å². The molecule has 5 heteroatoms. The highest BCUT2D eigenvalue weighted by Gasteiger charge is 2.42. The molecule has 0 bridgehead atoms. The Morgan fingerprint density at radius 1 is 1.31 bits per heavy atom. The minimum absolute atomic E-state index is 0.0854. The van der Waals surface area contributed by atoms with E-state index in [2.05, 4.69) is 32.1 Å². The Kier molecular flexibility index (Phi) is 7.20. The summed E-state index contributed by atoms with van der Waals surface area (Å²) in [6, 6.07) is 0. The predicted molar refractivity (Wildman–Crippen MR) is 111 cm³/mol. The van der Waals surface area contributed by atoms with Crippen molar-refractivity contribution in [2.75, 3.05) is 0 Å². The first-order chi connectivity index (χ1) is 13.8. The van der Waals surface area contributed by atoms with Gasteiger partial charge >= 0.3 is 11.9 Å². The van der Waals surface area contributed by atoms with Crippen LogP contribution in [0, 0.1) is 29.6 Å². The van der Waals surface area contributed by atoms with E-state index in [1.165, 1.54) is 5.57 Å². The van der Waals surface area contributed by atoms with Crippen LogP contribution in [0.15, 0.2) is 23.8 Å². The monoisotopic (exact) mass is 406 g/mol. The molecule has 0 saturated carbocycles. The molecule has 29 heavy (non-hydrogen) atoms. The van der Waals surface area contributed by atoms with Gasteiger partial charge in [0, 0.05) is 12.3 Å². The Labute approximate surface area is 174 Å². The Bertz CT molecular complexity index is 666. The maximum atomic E-state index is 12.5. The van der Waals surface area contributed by atoms with E-state index in [1.54, 1.807) is 0 Å². The number of hydrogen-bond acceptors (Lipinski definition) is 5. The maximum Gasteiger partial charge on any atom is 0.308 e. The van der Waals surface area contributed by atoms with E-state index in [9.17, 15) is 14.7 Å². The maximum absolute atomic E-state index is 12.5. The average molecular weight is 407 g/mol. The van der Waals surface area contributed by atoms with Crippen molar-refractivity contribution >= 4 is 11.9 Å². The fourth-order valence-electron chi connectivity index (χ4n) is 5.07. The van der Waals surface area contributed by atoms with Gasteiger partial charge in [0.2, 0.25) is 0 Å². The van der Waals surface area contributed by atoms with Gasteiger partial charge in [-0.3, -0.25) is 9.59 Å². The van der Waals surface area contributed by atoms with Crippen molar-refractivity contribution < 1.29 is 24.2 Å². The zero-order chi connectivity index (χ0) is 21.1. The molecule has 0 radical (unpaired) electrons. The highest BCUT2D eigenvalue weighted by Crippen LogP contribution is 2.45. The first-order valence-corrected chi connectivity index (χ1v) is 11.3. The molecule has 0 amide bonds. The molecule has 0 aromatic carbocycles. The molecule has 1 aliphatic heterocycles. The first-order valence-electron chi connectivity index (χ1n) is 11.3. The second-order valence-electron chi connectivity index (χ2n) is 9.36. The van der Waals surface area contributed by atoms with Crippen molar-refractivity contribution in [2.24, 2.45) is 29.6 Å². The Morgan fingerprint density at radius 2 is 2.07 bits per heavy atom. The standard InChI is InChI=1S/C24H36O5/c1-5-15(3)24(27)29-21-11-14(2)10-17-7-6-16(4)20(23(17)21)9-8-19-12-18(25)13-22(26)28-19/h6-7,10,14-16,18-21,23,25H,5,8-9,11-13H2,1-4H3/t14-,15-,16-,18+,19+,20-,21-,23-/m0/s1/i29+2. The number of carbonyl (C=O) groups excluding carboxylic acids is 2. The lowest BCUT2D eigenvalue weighted by atomic mass is 9.65. The molecule has 8 atom stereocenters. The van der Waals surface area contributed by atoms with Crippen LogP contribution in [-0.4, -0.2) is 35.4 Å². The van der Waals surface area contributed by atoms with Crippen molar-refractivity contribution in [3.8, 4) is 0 Å². The number of aliphatic hydroxyl groups excluding tert-OH is 1. The van der Waals surface area contributed by atoms with Gasteiger partial charge < -0.3 is 14.6 Å². The summed E-state index contributed by atoms with van der Waals surface area (Å²) in [6.45, 7) is 8.33. The summed E-state index contributed by atoms with van der Waals surface area (Å²) in [5.74, 6) is 0.755. The molecule has 5 nitrogen and oxygen atoms in total. The average Bonchev–Trinajstić information content (AvgIpc) is 2.65. The van der Waals surface area contributed by atoms with Crippen LogP contribution in [0.1, 0.15) is 66.2 Å². The minimum Gasteiger partial charge on any atom is -0.462 e. The van der Waals surface area contributed by atoms with E-state index in [0.29, 0.717) is 24.2 Å². The number of cyclic esters (lactones) is 1. The van der Waals surface area contributed by atoms with Crippen LogP contribution in [-0.2, 0) is 19.1 Å². The zero-order valence-corrected chi connectivity index (χ0v) is 18.2. The van der Waals surface area contributed by atoms with Crippen LogP contribution in [0.25, 0.3) is 0 Å². The molecule has 162 valence electrons. The largest absolute Gasteiger partial charge is 0.462 e. The van der Waals surface area contributed by atoms with Crippen molar-refractivity contribution in [1.82, 2.24) is 0 Å². The molecular formula is C24H36O5. The third-order valence-electron chi connectivity index (χ3n) is 6.93. The fraction of sp³-hybridized carbons (Fsp3) is 0.750. The number of aliphatic hydroxyl groups is 1. The molecule has 0 spiro atoms. The Balaban J connectivity index is 1.74. The number of esters is 2. The van der Waals surface area contributed by atoms with Crippen LogP contribution in [0.3, 0.4) is 0 Å². The molecule has 0 aromatic heterocycles. The summed E-state index contributed by atoms with van der Waals surface area (Å²) in [6.07, 6.45) is 9.70. The number of ether oxygens (including phenoxy) is 2. The predicted octanol–water partition coefficient (Wildman–Crippen LogP) is 4.20. The molecule has 0 aromatic rings. The third-order valence-corrected chi connectivity index (χ3v) is 6.93. The van der Waals surface area contributed by atoms with E-state index in [1.807, 2.05) is 13.8 Å². The normalized spacial score (nSPS) is 37.9. The summed E-state index contributed by atoms with van der Waals surface area (Å²) in [5, 5.41) is 9.89. The molecule has 1 heterocycles. The SMILES string of the molecule is CC[C@H](C)C(=O)[18O][C@H]1C[C@@H](C)C=C2C=C[C@H](C)[C@H](CC[C@@H]3C[C@@H](O)CC(=O)O3)[C@H]21. The summed E-state index contributed by atoms with van der Waals surface area (Å²) in [5.41, 5.74) is 1.27. The number of allylic oxidation sites excluding steroid dienone is 3. The second kappa shape index (κ2) is 9.46. The topological polar surface area (TPSA) is 72.8 Å². The first kappa shape index (κ1) is 22.1. The summed E-state index contributed by atoms with van der Waals surface area (Å²) in [4.78, 5) is 24.2. The van der Waals surface area contributed by atoms with E-state index in [0.717, 1.165) is 25.7 Å². The highest BCUT2D eigenvalue weighted by atomic mass is 18.3. The highest BCUT2D eigenvalue weighted by molar-refractivity contribution is 5.72. The van der Waals surface area contributed by atoms with Crippen molar-refractivity contribution in [2.45, 2.75) is 84.5 Å². The molecular weight excluding hydrogens is 370 g/mol. The zero-order valence-electron chi connectivity index (χ0n) is 18.2. The minimum atomic E-state index is -0.597. The smallest absolute Gasteiger partial charge is 0.308 e. The summed E-state index contributed by atoms with van der Waals surface area (Å²) < 4.78 is 11.5. The fourth-order valence-corrected chi connectivity index (χ4v) is 5.07. The lowest BCUT2D eigenvalue weighted by molar-refractivity contribution is -0.162. The van der Waals surface area contributed by atoms with Crippen LogP contribution in [0.2, 0.25) is 0 Å². The summed E-state index contributed by atoms with van der Waals surface area (Å²) >= 11 is 0. The van der Waals surface area contributed by atoms with Gasteiger partial charge in [-0.1, -0.05) is 45.9 Å². The second-order valence-corrected chi connectivity index (χ2v) is 9.36. The van der Waals surface area contributed by atoms with Crippen LogP contribution in [0.5, 0.6) is 0 Å². The molecule has 0 unspecified atom stereocenters. The molecule has 1 saturated heterocycles. The van der Waals surface area contributed by atoms with Gasteiger partial charge in [0.1, 0.15) is 12.2 Å². The third kappa shape index (κ3) is 5.30. The number of fused-ring (bicyclic) bond motifs is 1. The van der Waals surface area contributed by atoms with Crippen molar-refractivity contribution in [3.05, 3.63) is 23.8 Å². The molecule has 1 fully saturated rings. The number of hydrogen-bond donors (Lipinski definition) is 1. The van der Waals surface area contributed by atoms with Gasteiger partial charge in [-0.2, -0.15) is 0 Å². The van der Waals surface area contributed by atoms with Crippen LogP contribution in [0.4, 0.5) is 0 Å². The molecule has 3 rings (SSSR count). The summed E-state index contributed by atoms with van der Waals surface area (Å²) in [7, 11) is 0.